The number of nitrogens with one attached hydrogen (secondary N) is 1. The van der Waals surface area contributed by atoms with Crippen LogP contribution in [-0.4, -0.2) is 41.5 Å². The second kappa shape index (κ2) is 8.83. The minimum atomic E-state index is -0.693. The van der Waals surface area contributed by atoms with Crippen LogP contribution >= 0.6 is 0 Å². The van der Waals surface area contributed by atoms with E-state index in [0.29, 0.717) is 32.4 Å². The number of likely N-dealkylation sites (tertiary alicyclic amines) is 1. The van der Waals surface area contributed by atoms with Gasteiger partial charge in [0.1, 0.15) is 0 Å². The molecule has 0 spiro atoms. The van der Waals surface area contributed by atoms with Crippen LogP contribution in [0.1, 0.15) is 49.8 Å². The van der Waals surface area contributed by atoms with Gasteiger partial charge in [-0.2, -0.15) is 0 Å². The summed E-state index contributed by atoms with van der Waals surface area (Å²) in [6, 6.07) is 7.64. The molecule has 1 aliphatic heterocycles. The van der Waals surface area contributed by atoms with Crippen molar-refractivity contribution in [3.63, 3.8) is 0 Å². The van der Waals surface area contributed by atoms with Crippen LogP contribution in [0.2, 0.25) is 0 Å². The van der Waals surface area contributed by atoms with Crippen LogP contribution in [0.15, 0.2) is 24.3 Å². The zero-order valence-electron chi connectivity index (χ0n) is 14.6. The number of hydrogen-bond donors (Lipinski definition) is 2. The second-order valence-corrected chi connectivity index (χ2v) is 6.52. The molecule has 2 N–H and O–H groups in total. The molecule has 0 aromatic heterocycles. The minimum Gasteiger partial charge on any atom is -0.387 e. The number of aliphatic hydroxyl groups excluding tert-OH is 1. The summed E-state index contributed by atoms with van der Waals surface area (Å²) in [5.74, 6) is 0.0938. The number of nitrogens with zero attached hydrogens (tertiary/aromatic N) is 1. The van der Waals surface area contributed by atoms with E-state index in [0.717, 1.165) is 17.5 Å². The predicted octanol–water partition coefficient (Wildman–Crippen LogP) is 2.18. The number of carbonyl (C=O) groups is 2. The van der Waals surface area contributed by atoms with Crippen molar-refractivity contribution < 1.29 is 14.7 Å². The summed E-state index contributed by atoms with van der Waals surface area (Å²) in [6.45, 7) is 5.47. The topological polar surface area (TPSA) is 69.6 Å². The highest BCUT2D eigenvalue weighted by Crippen LogP contribution is 2.20. The largest absolute Gasteiger partial charge is 0.387 e. The van der Waals surface area contributed by atoms with E-state index in [1.165, 1.54) is 0 Å². The normalized spacial score (nSPS) is 16.7. The third kappa shape index (κ3) is 4.81. The van der Waals surface area contributed by atoms with E-state index in [9.17, 15) is 14.7 Å². The van der Waals surface area contributed by atoms with E-state index >= 15 is 0 Å². The van der Waals surface area contributed by atoms with Crippen LogP contribution in [-0.2, 0) is 9.59 Å². The minimum absolute atomic E-state index is 0.0229. The molecule has 1 atom stereocenters. The van der Waals surface area contributed by atoms with Crippen molar-refractivity contribution in [3.8, 4) is 0 Å². The van der Waals surface area contributed by atoms with Crippen LogP contribution in [0.4, 0.5) is 0 Å². The fraction of sp³-hybridized carbons (Fsp3) is 0.579. The van der Waals surface area contributed by atoms with Crippen molar-refractivity contribution in [1.82, 2.24) is 10.2 Å². The Morgan fingerprint density at radius 2 is 1.96 bits per heavy atom. The molecule has 5 heteroatoms. The third-order valence-corrected chi connectivity index (χ3v) is 4.70. The molecular weight excluding hydrogens is 304 g/mol. The molecule has 132 valence electrons. The highest BCUT2D eigenvalue weighted by Gasteiger charge is 2.27. The lowest BCUT2D eigenvalue weighted by atomic mass is 9.95. The first kappa shape index (κ1) is 18.5. The molecule has 2 amide bonds. The van der Waals surface area contributed by atoms with Crippen molar-refractivity contribution in [3.05, 3.63) is 35.4 Å². The molecule has 1 unspecified atom stereocenters. The number of piperidine rings is 1. The molecule has 1 saturated heterocycles. The Hall–Kier alpha value is -1.88. The van der Waals surface area contributed by atoms with E-state index in [-0.39, 0.29) is 24.3 Å². The average Bonchev–Trinajstić information content (AvgIpc) is 2.60. The number of carbonyl (C=O) groups excluding carboxylic acids is 2. The van der Waals surface area contributed by atoms with Crippen LogP contribution in [0, 0.1) is 12.8 Å². The average molecular weight is 332 g/mol. The van der Waals surface area contributed by atoms with E-state index < -0.39 is 6.10 Å². The molecule has 0 aliphatic carbocycles. The van der Waals surface area contributed by atoms with Gasteiger partial charge in [0.15, 0.2) is 0 Å². The molecule has 24 heavy (non-hydrogen) atoms. The SMILES string of the molecule is CCCC(=O)N1CCC(C(=O)NCC(O)c2ccccc2C)CC1. The fourth-order valence-corrected chi connectivity index (χ4v) is 3.18. The number of aliphatic hydroxyl groups is 1. The Morgan fingerprint density at radius 1 is 1.29 bits per heavy atom. The van der Waals surface area contributed by atoms with Crippen molar-refractivity contribution in [2.45, 2.75) is 45.6 Å². The first-order chi connectivity index (χ1) is 11.5. The zero-order chi connectivity index (χ0) is 17.5. The fourth-order valence-electron chi connectivity index (χ4n) is 3.18. The highest BCUT2D eigenvalue weighted by atomic mass is 16.3. The van der Waals surface area contributed by atoms with E-state index in [1.807, 2.05) is 43.0 Å². The predicted molar refractivity (Wildman–Crippen MR) is 93.4 cm³/mol. The number of aryl methyl sites for hydroxylation is 1. The quantitative estimate of drug-likeness (QED) is 0.839. The zero-order valence-corrected chi connectivity index (χ0v) is 14.6. The smallest absolute Gasteiger partial charge is 0.223 e. The summed E-state index contributed by atoms with van der Waals surface area (Å²) >= 11 is 0. The van der Waals surface area contributed by atoms with Gasteiger partial charge in [-0.3, -0.25) is 9.59 Å². The third-order valence-electron chi connectivity index (χ3n) is 4.70. The van der Waals surface area contributed by atoms with E-state index in [2.05, 4.69) is 5.32 Å². The summed E-state index contributed by atoms with van der Waals surface area (Å²) in [4.78, 5) is 26.0. The van der Waals surface area contributed by atoms with Crippen LogP contribution < -0.4 is 5.32 Å². The molecule has 1 fully saturated rings. The molecule has 1 heterocycles. The number of amides is 2. The van der Waals surface area contributed by atoms with Crippen molar-refractivity contribution in [2.75, 3.05) is 19.6 Å². The van der Waals surface area contributed by atoms with Gasteiger partial charge < -0.3 is 15.3 Å². The van der Waals surface area contributed by atoms with Gasteiger partial charge >= 0.3 is 0 Å². The molecule has 5 nitrogen and oxygen atoms in total. The standard InChI is InChI=1S/C19H28N2O3/c1-3-6-18(23)21-11-9-15(10-12-21)19(24)20-13-17(22)16-8-5-4-7-14(16)2/h4-5,7-8,15,17,22H,3,6,9-13H2,1-2H3,(H,20,24). The first-order valence-electron chi connectivity index (χ1n) is 8.82. The Labute approximate surface area is 144 Å². The molecule has 0 saturated carbocycles. The molecule has 2 rings (SSSR count). The monoisotopic (exact) mass is 332 g/mol. The lowest BCUT2D eigenvalue weighted by molar-refractivity contribution is -0.135. The number of hydrogen-bond acceptors (Lipinski definition) is 3. The highest BCUT2D eigenvalue weighted by molar-refractivity contribution is 5.80. The van der Waals surface area contributed by atoms with E-state index in [4.69, 9.17) is 0 Å². The molecular formula is C19H28N2O3. The number of benzene rings is 1. The van der Waals surface area contributed by atoms with Gasteiger partial charge in [-0.25, -0.2) is 0 Å². The summed E-state index contributed by atoms with van der Waals surface area (Å²) in [5.41, 5.74) is 1.86. The maximum Gasteiger partial charge on any atom is 0.223 e. The van der Waals surface area contributed by atoms with E-state index in [1.54, 1.807) is 0 Å². The molecule has 1 aliphatic rings. The molecule has 0 bridgehead atoms. The van der Waals surface area contributed by atoms with Crippen molar-refractivity contribution in [2.24, 2.45) is 5.92 Å². The summed E-state index contributed by atoms with van der Waals surface area (Å²) in [5, 5.41) is 13.1. The van der Waals surface area contributed by atoms with Gasteiger partial charge in [0.05, 0.1) is 6.10 Å². The van der Waals surface area contributed by atoms with Gasteiger partial charge in [0.2, 0.25) is 11.8 Å². The van der Waals surface area contributed by atoms with Crippen LogP contribution in [0.25, 0.3) is 0 Å². The van der Waals surface area contributed by atoms with Crippen molar-refractivity contribution >= 4 is 11.8 Å². The molecule has 1 aromatic rings. The van der Waals surface area contributed by atoms with Crippen molar-refractivity contribution in [1.29, 1.82) is 0 Å². The Bertz CT molecular complexity index is 565. The second-order valence-electron chi connectivity index (χ2n) is 6.52. The van der Waals surface area contributed by atoms with Gasteiger partial charge in [0.25, 0.3) is 0 Å². The number of rotatable bonds is 6. The summed E-state index contributed by atoms with van der Waals surface area (Å²) in [7, 11) is 0. The van der Waals surface area contributed by atoms with Crippen LogP contribution in [0.5, 0.6) is 0 Å². The maximum absolute atomic E-state index is 12.3. The Balaban J connectivity index is 1.78. The van der Waals surface area contributed by atoms with Gasteiger partial charge in [-0.1, -0.05) is 31.2 Å². The van der Waals surface area contributed by atoms with Gasteiger partial charge in [-0.15, -0.1) is 0 Å². The summed E-state index contributed by atoms with van der Waals surface area (Å²) < 4.78 is 0. The molecule has 0 radical (unpaired) electrons. The molecule has 1 aromatic carbocycles. The lowest BCUT2D eigenvalue weighted by Gasteiger charge is -2.31. The lowest BCUT2D eigenvalue weighted by Crippen LogP contribution is -2.43. The van der Waals surface area contributed by atoms with Crippen LogP contribution in [0.3, 0.4) is 0 Å². The first-order valence-corrected chi connectivity index (χ1v) is 8.82. The Kier molecular flexibility index (Phi) is 6.79. The maximum atomic E-state index is 12.3. The summed E-state index contributed by atoms with van der Waals surface area (Å²) in [6.07, 6.45) is 2.14. The van der Waals surface area contributed by atoms with Gasteiger partial charge in [-0.05, 0) is 37.3 Å². The Morgan fingerprint density at radius 3 is 2.58 bits per heavy atom. The van der Waals surface area contributed by atoms with Gasteiger partial charge in [0, 0.05) is 32.0 Å².